The molecule has 0 saturated carbocycles. The van der Waals surface area contributed by atoms with Crippen LogP contribution >= 0.6 is 24.8 Å². The maximum atomic E-state index is 10.1. The molecular formula is C13H22Cl2N2O. The van der Waals surface area contributed by atoms with Crippen LogP contribution in [0.15, 0.2) is 18.2 Å². The Labute approximate surface area is 121 Å². The number of nitrogens with one attached hydrogen (secondary N) is 1. The third-order valence-corrected chi connectivity index (χ3v) is 3.42. The van der Waals surface area contributed by atoms with Gasteiger partial charge in [-0.05, 0) is 19.4 Å². The molecule has 1 fully saturated rings. The molecular weight excluding hydrogens is 271 g/mol. The van der Waals surface area contributed by atoms with E-state index in [4.69, 9.17) is 0 Å². The molecule has 3 nitrogen and oxygen atoms in total. The Morgan fingerprint density at radius 3 is 2.44 bits per heavy atom. The van der Waals surface area contributed by atoms with E-state index in [1.165, 1.54) is 0 Å². The molecule has 18 heavy (non-hydrogen) atoms. The highest BCUT2D eigenvalue weighted by atomic mass is 35.5. The van der Waals surface area contributed by atoms with Crippen molar-refractivity contribution in [1.82, 2.24) is 10.2 Å². The highest BCUT2D eigenvalue weighted by molar-refractivity contribution is 5.85. The van der Waals surface area contributed by atoms with Crippen LogP contribution in [0.25, 0.3) is 0 Å². The van der Waals surface area contributed by atoms with Crippen LogP contribution in [0.1, 0.15) is 24.1 Å². The molecule has 0 aliphatic carbocycles. The number of halogens is 2. The van der Waals surface area contributed by atoms with Crippen molar-refractivity contribution in [3.05, 3.63) is 29.3 Å². The van der Waals surface area contributed by atoms with E-state index in [9.17, 15) is 5.11 Å². The predicted octanol–water partition coefficient (Wildman–Crippen LogP) is 2.51. The molecule has 0 bridgehead atoms. The second-order valence-corrected chi connectivity index (χ2v) is 4.47. The van der Waals surface area contributed by atoms with E-state index < -0.39 is 0 Å². The smallest absolute Gasteiger partial charge is 0.123 e. The number of aryl methyl sites for hydroxylation is 1. The Morgan fingerprint density at radius 2 is 1.83 bits per heavy atom. The van der Waals surface area contributed by atoms with Gasteiger partial charge in [-0.25, -0.2) is 0 Å². The highest BCUT2D eigenvalue weighted by Crippen LogP contribution is 2.30. The third kappa shape index (κ3) is 3.75. The number of aromatic hydroxyl groups is 1. The molecule has 0 aromatic heterocycles. The van der Waals surface area contributed by atoms with Crippen LogP contribution < -0.4 is 5.32 Å². The van der Waals surface area contributed by atoms with Crippen molar-refractivity contribution in [3.8, 4) is 5.75 Å². The molecule has 104 valence electrons. The molecule has 1 atom stereocenters. The van der Waals surface area contributed by atoms with Gasteiger partial charge in [-0.3, -0.25) is 4.90 Å². The van der Waals surface area contributed by atoms with Crippen molar-refractivity contribution in [1.29, 1.82) is 0 Å². The summed E-state index contributed by atoms with van der Waals surface area (Å²) in [5, 5.41) is 13.4. The lowest BCUT2D eigenvalue weighted by Gasteiger charge is -2.33. The van der Waals surface area contributed by atoms with Gasteiger partial charge in [0.05, 0.1) is 0 Å². The number of rotatable bonds is 2. The Balaban J connectivity index is 0.00000144. The molecule has 1 aromatic carbocycles. The van der Waals surface area contributed by atoms with E-state index in [2.05, 4.69) is 17.1 Å². The minimum absolute atomic E-state index is 0. The average molecular weight is 293 g/mol. The molecule has 2 rings (SSSR count). The number of piperazine rings is 1. The molecule has 5 heteroatoms. The van der Waals surface area contributed by atoms with Crippen LogP contribution in [0.5, 0.6) is 5.75 Å². The van der Waals surface area contributed by atoms with E-state index >= 15 is 0 Å². The summed E-state index contributed by atoms with van der Waals surface area (Å²) in [5.41, 5.74) is 2.00. The summed E-state index contributed by atoms with van der Waals surface area (Å²) in [6.07, 6.45) is 0. The van der Waals surface area contributed by atoms with Crippen molar-refractivity contribution < 1.29 is 5.11 Å². The van der Waals surface area contributed by atoms with Crippen molar-refractivity contribution in [2.24, 2.45) is 0 Å². The average Bonchev–Trinajstić information content (AvgIpc) is 2.33. The van der Waals surface area contributed by atoms with Gasteiger partial charge in [-0.1, -0.05) is 18.2 Å². The molecule has 1 saturated heterocycles. The fourth-order valence-corrected chi connectivity index (χ4v) is 2.28. The van der Waals surface area contributed by atoms with Crippen molar-refractivity contribution in [2.45, 2.75) is 19.9 Å². The fraction of sp³-hybridized carbons (Fsp3) is 0.538. The number of phenols is 1. The predicted molar refractivity (Wildman–Crippen MR) is 80.2 cm³/mol. The first-order valence-electron chi connectivity index (χ1n) is 5.93. The third-order valence-electron chi connectivity index (χ3n) is 3.42. The number of hydrogen-bond acceptors (Lipinski definition) is 3. The topological polar surface area (TPSA) is 35.5 Å². The lowest BCUT2D eigenvalue weighted by molar-refractivity contribution is 0.183. The Bertz CT molecular complexity index is 368. The molecule has 1 aliphatic rings. The number of benzene rings is 1. The SMILES string of the molecule is Cc1cccc([C@H](C)N2CCNCC2)c1O.Cl.Cl. The van der Waals surface area contributed by atoms with Crippen LogP contribution in [0.3, 0.4) is 0 Å². The first kappa shape index (κ1) is 17.5. The van der Waals surface area contributed by atoms with Gasteiger partial charge in [-0.2, -0.15) is 0 Å². The summed E-state index contributed by atoms with van der Waals surface area (Å²) in [4.78, 5) is 2.41. The summed E-state index contributed by atoms with van der Waals surface area (Å²) in [6.45, 7) is 8.29. The fourth-order valence-electron chi connectivity index (χ4n) is 2.28. The Hall–Kier alpha value is -0.480. The van der Waals surface area contributed by atoms with Gasteiger partial charge in [0.25, 0.3) is 0 Å². The van der Waals surface area contributed by atoms with Gasteiger partial charge < -0.3 is 10.4 Å². The highest BCUT2D eigenvalue weighted by Gasteiger charge is 2.20. The van der Waals surface area contributed by atoms with E-state index in [0.717, 1.165) is 37.3 Å². The summed E-state index contributed by atoms with van der Waals surface area (Å²) in [5.74, 6) is 0.452. The van der Waals surface area contributed by atoms with Gasteiger partial charge in [0.1, 0.15) is 5.75 Å². The van der Waals surface area contributed by atoms with E-state index in [1.54, 1.807) is 0 Å². The summed E-state index contributed by atoms with van der Waals surface area (Å²) in [6, 6.07) is 6.28. The molecule has 0 amide bonds. The second kappa shape index (κ2) is 7.85. The van der Waals surface area contributed by atoms with Gasteiger partial charge in [0.2, 0.25) is 0 Å². The first-order valence-corrected chi connectivity index (χ1v) is 5.93. The zero-order chi connectivity index (χ0) is 11.5. The lowest BCUT2D eigenvalue weighted by Crippen LogP contribution is -2.44. The normalized spacial score (nSPS) is 17.4. The van der Waals surface area contributed by atoms with Crippen molar-refractivity contribution >= 4 is 24.8 Å². The van der Waals surface area contributed by atoms with E-state index in [-0.39, 0.29) is 24.8 Å². The number of hydrogen-bond donors (Lipinski definition) is 2. The molecule has 0 unspecified atom stereocenters. The van der Waals surface area contributed by atoms with Gasteiger partial charge in [-0.15, -0.1) is 24.8 Å². The van der Waals surface area contributed by atoms with Gasteiger partial charge in [0.15, 0.2) is 0 Å². The summed E-state index contributed by atoms with van der Waals surface area (Å²) in [7, 11) is 0. The maximum absolute atomic E-state index is 10.1. The minimum Gasteiger partial charge on any atom is -0.507 e. The molecule has 0 radical (unpaired) electrons. The molecule has 0 spiro atoms. The van der Waals surface area contributed by atoms with Crippen molar-refractivity contribution in [2.75, 3.05) is 26.2 Å². The monoisotopic (exact) mass is 292 g/mol. The zero-order valence-electron chi connectivity index (χ0n) is 10.8. The second-order valence-electron chi connectivity index (χ2n) is 4.47. The van der Waals surface area contributed by atoms with Gasteiger partial charge in [0, 0.05) is 37.8 Å². The summed E-state index contributed by atoms with van der Waals surface area (Å²) >= 11 is 0. The number of phenolic OH excluding ortho intramolecular Hbond substituents is 1. The lowest BCUT2D eigenvalue weighted by atomic mass is 10.0. The van der Waals surface area contributed by atoms with Crippen LogP contribution in [-0.4, -0.2) is 36.2 Å². The van der Waals surface area contributed by atoms with E-state index in [0.29, 0.717) is 11.8 Å². The standard InChI is InChI=1S/C13H20N2O.2ClH/c1-10-4-3-5-12(13(10)16)11(2)15-8-6-14-7-9-15;;/h3-5,11,14,16H,6-9H2,1-2H3;2*1H/t11-;;/m0../s1. The van der Waals surface area contributed by atoms with Crippen LogP contribution in [0.4, 0.5) is 0 Å². The molecule has 1 aliphatic heterocycles. The van der Waals surface area contributed by atoms with Crippen molar-refractivity contribution in [3.63, 3.8) is 0 Å². The quantitative estimate of drug-likeness (QED) is 0.879. The number of nitrogens with zero attached hydrogens (tertiary/aromatic N) is 1. The maximum Gasteiger partial charge on any atom is 0.123 e. The molecule has 2 N–H and O–H groups in total. The van der Waals surface area contributed by atoms with Gasteiger partial charge >= 0.3 is 0 Å². The van der Waals surface area contributed by atoms with Crippen LogP contribution in [0.2, 0.25) is 0 Å². The van der Waals surface area contributed by atoms with E-state index in [1.807, 2.05) is 25.1 Å². The van der Waals surface area contributed by atoms with Crippen LogP contribution in [-0.2, 0) is 0 Å². The Morgan fingerprint density at radius 1 is 1.22 bits per heavy atom. The summed E-state index contributed by atoms with van der Waals surface area (Å²) < 4.78 is 0. The zero-order valence-corrected chi connectivity index (χ0v) is 12.5. The molecule has 1 aromatic rings. The van der Waals surface area contributed by atoms with Crippen LogP contribution in [0, 0.1) is 6.92 Å². The largest absolute Gasteiger partial charge is 0.507 e. The number of para-hydroxylation sites is 1. The first-order chi connectivity index (χ1) is 7.70. The minimum atomic E-state index is 0. The molecule has 1 heterocycles. The Kier molecular flexibility index (Phi) is 7.64.